The molecule has 0 radical (unpaired) electrons. The summed E-state index contributed by atoms with van der Waals surface area (Å²) in [5.74, 6) is 0. The monoisotopic (exact) mass is 426 g/mol. The summed E-state index contributed by atoms with van der Waals surface area (Å²) in [6.07, 6.45) is 2.43. The molecule has 4 nitrogen and oxygen atoms in total. The number of nitrogens with zero attached hydrogens (tertiary/aromatic N) is 1. The van der Waals surface area contributed by atoms with Gasteiger partial charge in [0.25, 0.3) is 0 Å². The Morgan fingerprint density at radius 1 is 1.14 bits per heavy atom. The number of hydrogen-bond donors (Lipinski definition) is 1. The highest BCUT2D eigenvalue weighted by atomic mass is 32.2. The molecule has 1 heterocycles. The van der Waals surface area contributed by atoms with Crippen molar-refractivity contribution in [1.29, 1.82) is 0 Å². The van der Waals surface area contributed by atoms with Gasteiger partial charge in [-0.15, -0.1) is 11.3 Å². The van der Waals surface area contributed by atoms with Crippen LogP contribution in [0, 0.1) is 0 Å². The number of nitrogens with one attached hydrogen (secondary N) is 1. The normalized spacial score (nSPS) is 11.3. The highest BCUT2D eigenvalue weighted by molar-refractivity contribution is 8.01. The number of hydrogen-bond acceptors (Lipinski definition) is 5. The molecule has 0 saturated heterocycles. The Hall–Kier alpha value is -2.31. The zero-order valence-electron chi connectivity index (χ0n) is 17.2. The molecular weight excluding hydrogens is 400 g/mol. The molecule has 152 valence electrons. The standard InChI is InChI=1S/C23H26N2O2S2/c1-5-16-11-18(17-9-7-6-8-10-17)13-19(12-16)28-21-15-24-20(29-21)14-25-22(26)27-23(2,3)4/h6-13,15H,5,14H2,1-4H3,(H,25,26). The molecule has 2 aromatic carbocycles. The quantitative estimate of drug-likeness (QED) is 0.486. The van der Waals surface area contributed by atoms with Crippen molar-refractivity contribution in [3.63, 3.8) is 0 Å². The van der Waals surface area contributed by atoms with E-state index in [-0.39, 0.29) is 0 Å². The van der Waals surface area contributed by atoms with E-state index < -0.39 is 11.7 Å². The first kappa shape index (κ1) is 21.4. The second kappa shape index (κ2) is 9.46. The molecule has 0 bridgehead atoms. The molecule has 29 heavy (non-hydrogen) atoms. The van der Waals surface area contributed by atoms with Crippen LogP contribution in [-0.2, 0) is 17.7 Å². The van der Waals surface area contributed by atoms with Crippen LogP contribution in [0.5, 0.6) is 0 Å². The lowest BCUT2D eigenvalue weighted by atomic mass is 10.0. The second-order valence-corrected chi connectivity index (χ2v) is 10.1. The Balaban J connectivity index is 1.68. The van der Waals surface area contributed by atoms with E-state index >= 15 is 0 Å². The molecule has 0 fully saturated rings. The molecule has 0 aliphatic carbocycles. The third-order valence-corrected chi connectivity index (χ3v) is 6.09. The van der Waals surface area contributed by atoms with Gasteiger partial charge in [-0.05, 0) is 56.0 Å². The largest absolute Gasteiger partial charge is 0.444 e. The molecule has 0 aliphatic rings. The highest BCUT2D eigenvalue weighted by Crippen LogP contribution is 2.35. The second-order valence-electron chi connectivity index (χ2n) is 7.62. The fourth-order valence-corrected chi connectivity index (χ4v) is 4.79. The van der Waals surface area contributed by atoms with Gasteiger partial charge < -0.3 is 10.1 Å². The summed E-state index contributed by atoms with van der Waals surface area (Å²) < 4.78 is 6.36. The van der Waals surface area contributed by atoms with Crippen LogP contribution in [0.4, 0.5) is 4.79 Å². The number of alkyl carbamates (subject to hydrolysis) is 1. The predicted octanol–water partition coefficient (Wildman–Crippen LogP) is 6.55. The van der Waals surface area contributed by atoms with Crippen LogP contribution in [0.1, 0.15) is 38.3 Å². The molecular formula is C23H26N2O2S2. The van der Waals surface area contributed by atoms with Crippen LogP contribution in [0.2, 0.25) is 0 Å². The van der Waals surface area contributed by atoms with E-state index in [1.807, 2.05) is 33.0 Å². The van der Waals surface area contributed by atoms with Crippen LogP contribution in [0.15, 0.2) is 63.8 Å². The SMILES string of the molecule is CCc1cc(Sc2cnc(CNC(=O)OC(C)(C)C)s2)cc(-c2ccccc2)c1. The number of carbonyl (C=O) groups excluding carboxylic acids is 1. The van der Waals surface area contributed by atoms with Gasteiger partial charge in [0.1, 0.15) is 10.6 Å². The minimum absolute atomic E-state index is 0.365. The minimum atomic E-state index is -0.505. The Morgan fingerprint density at radius 2 is 1.90 bits per heavy atom. The van der Waals surface area contributed by atoms with E-state index in [1.54, 1.807) is 23.1 Å². The van der Waals surface area contributed by atoms with Gasteiger partial charge in [0.05, 0.1) is 17.0 Å². The lowest BCUT2D eigenvalue weighted by molar-refractivity contribution is 0.0523. The summed E-state index contributed by atoms with van der Waals surface area (Å²) >= 11 is 3.29. The predicted molar refractivity (Wildman–Crippen MR) is 121 cm³/mol. The average molecular weight is 427 g/mol. The summed E-state index contributed by atoms with van der Waals surface area (Å²) in [5, 5.41) is 3.61. The molecule has 3 aromatic rings. The summed E-state index contributed by atoms with van der Waals surface area (Å²) in [6.45, 7) is 8.08. The topological polar surface area (TPSA) is 51.2 Å². The summed E-state index contributed by atoms with van der Waals surface area (Å²) in [7, 11) is 0. The van der Waals surface area contributed by atoms with E-state index in [4.69, 9.17) is 4.74 Å². The maximum atomic E-state index is 11.8. The number of aromatic nitrogens is 1. The summed E-state index contributed by atoms with van der Waals surface area (Å²) in [6, 6.07) is 17.1. The first-order chi connectivity index (χ1) is 13.8. The van der Waals surface area contributed by atoms with Gasteiger partial charge in [0.15, 0.2) is 0 Å². The van der Waals surface area contributed by atoms with Crippen molar-refractivity contribution < 1.29 is 9.53 Å². The number of ether oxygens (including phenoxy) is 1. The molecule has 0 spiro atoms. The summed E-state index contributed by atoms with van der Waals surface area (Å²) in [4.78, 5) is 17.4. The van der Waals surface area contributed by atoms with Crippen LogP contribution in [-0.4, -0.2) is 16.7 Å². The van der Waals surface area contributed by atoms with Crippen molar-refractivity contribution in [1.82, 2.24) is 10.3 Å². The van der Waals surface area contributed by atoms with Crippen LogP contribution in [0.25, 0.3) is 11.1 Å². The Labute approximate surface area is 180 Å². The lowest BCUT2D eigenvalue weighted by Gasteiger charge is -2.19. The van der Waals surface area contributed by atoms with Crippen molar-refractivity contribution in [2.24, 2.45) is 0 Å². The molecule has 3 rings (SSSR count). The van der Waals surface area contributed by atoms with Crippen molar-refractivity contribution in [3.05, 3.63) is 65.3 Å². The Kier molecular flexibility index (Phi) is 6.98. The summed E-state index contributed by atoms with van der Waals surface area (Å²) in [5.41, 5.74) is 3.25. The average Bonchev–Trinajstić information content (AvgIpc) is 3.13. The fourth-order valence-electron chi connectivity index (χ4n) is 2.72. The zero-order chi connectivity index (χ0) is 20.9. The Bertz CT molecular complexity index is 963. The number of benzene rings is 2. The van der Waals surface area contributed by atoms with Gasteiger partial charge in [0.2, 0.25) is 0 Å². The van der Waals surface area contributed by atoms with E-state index in [2.05, 4.69) is 59.7 Å². The maximum absolute atomic E-state index is 11.8. The van der Waals surface area contributed by atoms with Crippen LogP contribution in [0.3, 0.4) is 0 Å². The van der Waals surface area contributed by atoms with Gasteiger partial charge in [0, 0.05) is 4.90 Å². The number of carbonyl (C=O) groups is 1. The van der Waals surface area contributed by atoms with Crippen molar-refractivity contribution in [2.75, 3.05) is 0 Å². The van der Waals surface area contributed by atoms with E-state index in [0.717, 1.165) is 15.6 Å². The molecule has 1 N–H and O–H groups in total. The third-order valence-electron chi connectivity index (χ3n) is 4.02. The molecule has 0 unspecified atom stereocenters. The van der Waals surface area contributed by atoms with Crippen molar-refractivity contribution in [3.8, 4) is 11.1 Å². The Morgan fingerprint density at radius 3 is 2.59 bits per heavy atom. The lowest BCUT2D eigenvalue weighted by Crippen LogP contribution is -2.32. The smallest absolute Gasteiger partial charge is 0.408 e. The van der Waals surface area contributed by atoms with E-state index in [1.165, 1.54) is 21.6 Å². The van der Waals surface area contributed by atoms with Crippen LogP contribution >= 0.6 is 23.1 Å². The molecule has 6 heteroatoms. The maximum Gasteiger partial charge on any atom is 0.408 e. The first-order valence-corrected chi connectivity index (χ1v) is 11.2. The minimum Gasteiger partial charge on any atom is -0.444 e. The molecule has 0 aliphatic heterocycles. The number of rotatable bonds is 6. The number of amides is 1. The van der Waals surface area contributed by atoms with Gasteiger partial charge in [-0.2, -0.15) is 0 Å². The highest BCUT2D eigenvalue weighted by Gasteiger charge is 2.16. The van der Waals surface area contributed by atoms with Gasteiger partial charge in [-0.1, -0.05) is 55.1 Å². The number of thiazole rings is 1. The molecule has 0 atom stereocenters. The van der Waals surface area contributed by atoms with Crippen molar-refractivity contribution in [2.45, 2.75) is 55.4 Å². The number of aryl methyl sites for hydroxylation is 1. The van der Waals surface area contributed by atoms with Crippen molar-refractivity contribution >= 4 is 29.2 Å². The molecule has 1 amide bonds. The van der Waals surface area contributed by atoms with E-state index in [0.29, 0.717) is 6.54 Å². The molecule has 1 aromatic heterocycles. The molecule has 0 saturated carbocycles. The van der Waals surface area contributed by atoms with Crippen LogP contribution < -0.4 is 5.32 Å². The first-order valence-electron chi connectivity index (χ1n) is 9.61. The van der Waals surface area contributed by atoms with Gasteiger partial charge in [-0.3, -0.25) is 0 Å². The third kappa shape index (κ3) is 6.61. The van der Waals surface area contributed by atoms with Gasteiger partial charge >= 0.3 is 6.09 Å². The zero-order valence-corrected chi connectivity index (χ0v) is 18.8. The van der Waals surface area contributed by atoms with E-state index in [9.17, 15) is 4.79 Å². The van der Waals surface area contributed by atoms with Gasteiger partial charge in [-0.25, -0.2) is 9.78 Å². The fraction of sp³-hybridized carbons (Fsp3) is 0.304.